The molecule has 1 saturated carbocycles. The zero-order valence-electron chi connectivity index (χ0n) is 13.2. The third-order valence-electron chi connectivity index (χ3n) is 4.22. The van der Waals surface area contributed by atoms with Crippen LogP contribution in [-0.4, -0.2) is 24.5 Å². The zero-order chi connectivity index (χ0) is 15.1. The Balaban J connectivity index is 1.92. The van der Waals surface area contributed by atoms with Gasteiger partial charge in [-0.3, -0.25) is 4.79 Å². The molecule has 0 saturated heterocycles. The van der Waals surface area contributed by atoms with Crippen LogP contribution >= 0.6 is 0 Å². The van der Waals surface area contributed by atoms with Gasteiger partial charge in [-0.2, -0.15) is 0 Å². The number of pyridine rings is 1. The number of rotatable bonds is 7. The molecule has 0 bridgehead atoms. The van der Waals surface area contributed by atoms with Gasteiger partial charge in [0.2, 0.25) is 0 Å². The number of hydrogen-bond donors (Lipinski definition) is 2. The fourth-order valence-electron chi connectivity index (χ4n) is 3.02. The normalized spacial score (nSPS) is 15.1. The van der Waals surface area contributed by atoms with Crippen LogP contribution in [0.4, 0.5) is 5.82 Å². The number of hydrogen-bond acceptors (Lipinski definition) is 3. The second-order valence-corrected chi connectivity index (χ2v) is 5.93. The van der Waals surface area contributed by atoms with Crippen LogP contribution in [-0.2, 0) is 6.42 Å². The highest BCUT2D eigenvalue weighted by atomic mass is 16.1. The lowest BCUT2D eigenvalue weighted by Gasteiger charge is -2.11. The molecule has 0 aromatic carbocycles. The highest BCUT2D eigenvalue weighted by Crippen LogP contribution is 2.26. The predicted molar refractivity (Wildman–Crippen MR) is 86.7 cm³/mol. The Morgan fingerprint density at radius 1 is 1.33 bits per heavy atom. The molecule has 116 valence electrons. The van der Waals surface area contributed by atoms with Crippen molar-refractivity contribution in [3.8, 4) is 0 Å². The van der Waals surface area contributed by atoms with E-state index in [0.717, 1.165) is 43.2 Å². The minimum Gasteiger partial charge on any atom is -0.373 e. The lowest BCUT2D eigenvalue weighted by Crippen LogP contribution is -2.26. The van der Waals surface area contributed by atoms with E-state index in [2.05, 4.69) is 22.5 Å². The number of amides is 1. The van der Waals surface area contributed by atoms with Crippen LogP contribution in [0, 0.1) is 5.92 Å². The molecule has 1 heterocycles. The smallest absolute Gasteiger partial charge is 0.251 e. The molecule has 0 unspecified atom stereocenters. The van der Waals surface area contributed by atoms with Gasteiger partial charge < -0.3 is 10.6 Å². The number of anilines is 1. The lowest BCUT2D eigenvalue weighted by molar-refractivity contribution is 0.0951. The quantitative estimate of drug-likeness (QED) is 0.809. The average molecular weight is 289 g/mol. The molecule has 0 spiro atoms. The number of aromatic nitrogens is 1. The number of carbonyl (C=O) groups excluding carboxylic acids is 1. The van der Waals surface area contributed by atoms with E-state index in [-0.39, 0.29) is 5.91 Å². The van der Waals surface area contributed by atoms with Crippen LogP contribution in [0.1, 0.15) is 61.5 Å². The molecule has 1 aromatic heterocycles. The number of nitrogens with zero attached hydrogens (tertiary/aromatic N) is 1. The fourth-order valence-corrected chi connectivity index (χ4v) is 3.02. The molecule has 21 heavy (non-hydrogen) atoms. The van der Waals surface area contributed by atoms with Gasteiger partial charge in [0.1, 0.15) is 5.82 Å². The predicted octanol–water partition coefficient (Wildman–Crippen LogP) is 3.39. The average Bonchev–Trinajstić information content (AvgIpc) is 3.00. The van der Waals surface area contributed by atoms with E-state index in [1.165, 1.54) is 25.7 Å². The second kappa shape index (κ2) is 8.01. The molecule has 4 heteroatoms. The van der Waals surface area contributed by atoms with E-state index in [0.29, 0.717) is 5.56 Å². The van der Waals surface area contributed by atoms with E-state index in [9.17, 15) is 4.79 Å². The Morgan fingerprint density at radius 2 is 2.10 bits per heavy atom. The Morgan fingerprint density at radius 3 is 2.76 bits per heavy atom. The van der Waals surface area contributed by atoms with Gasteiger partial charge >= 0.3 is 0 Å². The summed E-state index contributed by atoms with van der Waals surface area (Å²) in [4.78, 5) is 16.8. The molecule has 1 aliphatic rings. The van der Waals surface area contributed by atoms with Gasteiger partial charge in [-0.05, 0) is 30.9 Å². The van der Waals surface area contributed by atoms with Gasteiger partial charge in [-0.25, -0.2) is 4.98 Å². The molecule has 2 N–H and O–H groups in total. The Hall–Kier alpha value is -1.58. The van der Waals surface area contributed by atoms with Gasteiger partial charge in [0, 0.05) is 24.8 Å². The Labute approximate surface area is 127 Å². The summed E-state index contributed by atoms with van der Waals surface area (Å²) in [5, 5.41) is 6.08. The summed E-state index contributed by atoms with van der Waals surface area (Å²) in [6, 6.07) is 3.74. The van der Waals surface area contributed by atoms with Crippen molar-refractivity contribution in [3.05, 3.63) is 23.4 Å². The molecular formula is C17H27N3O. The van der Waals surface area contributed by atoms with Crippen molar-refractivity contribution in [3.63, 3.8) is 0 Å². The number of aryl methyl sites for hydroxylation is 1. The highest BCUT2D eigenvalue weighted by Gasteiger charge is 2.15. The van der Waals surface area contributed by atoms with Crippen molar-refractivity contribution in [2.45, 2.75) is 51.9 Å². The maximum Gasteiger partial charge on any atom is 0.251 e. The summed E-state index contributed by atoms with van der Waals surface area (Å²) < 4.78 is 0. The topological polar surface area (TPSA) is 54.0 Å². The van der Waals surface area contributed by atoms with E-state index >= 15 is 0 Å². The van der Waals surface area contributed by atoms with Crippen molar-refractivity contribution in [2.75, 3.05) is 18.9 Å². The van der Waals surface area contributed by atoms with Gasteiger partial charge in [-0.15, -0.1) is 0 Å². The summed E-state index contributed by atoms with van der Waals surface area (Å²) in [6.45, 7) is 2.90. The maximum atomic E-state index is 12.3. The van der Waals surface area contributed by atoms with Gasteiger partial charge in [0.05, 0.1) is 0 Å². The first kappa shape index (κ1) is 15.8. The maximum absolute atomic E-state index is 12.3. The van der Waals surface area contributed by atoms with Crippen LogP contribution < -0.4 is 10.6 Å². The van der Waals surface area contributed by atoms with Gasteiger partial charge in [-0.1, -0.05) is 39.0 Å². The minimum absolute atomic E-state index is 0.0178. The van der Waals surface area contributed by atoms with E-state index in [1.54, 1.807) is 0 Å². The summed E-state index contributed by atoms with van der Waals surface area (Å²) in [7, 11) is 1.83. The van der Waals surface area contributed by atoms with Crippen LogP contribution in [0.3, 0.4) is 0 Å². The molecule has 2 rings (SSSR count). The molecule has 4 nitrogen and oxygen atoms in total. The number of carbonyl (C=O) groups is 1. The minimum atomic E-state index is 0.0178. The molecule has 1 fully saturated rings. The zero-order valence-corrected chi connectivity index (χ0v) is 13.2. The van der Waals surface area contributed by atoms with E-state index < -0.39 is 0 Å². The Kier molecular flexibility index (Phi) is 6.03. The first-order valence-corrected chi connectivity index (χ1v) is 8.19. The SMILES string of the molecule is CCCc1cc(C(=O)NCCC2CCCC2)cc(NC)n1. The third-order valence-corrected chi connectivity index (χ3v) is 4.22. The van der Waals surface area contributed by atoms with Crippen LogP contribution in [0.5, 0.6) is 0 Å². The monoisotopic (exact) mass is 289 g/mol. The standard InChI is InChI=1S/C17H27N3O/c1-3-6-15-11-14(12-16(18-2)20-15)17(21)19-10-9-13-7-4-5-8-13/h11-13H,3-10H2,1-2H3,(H,18,20)(H,19,21). The molecule has 1 aliphatic carbocycles. The van der Waals surface area contributed by atoms with Crippen LogP contribution in [0.25, 0.3) is 0 Å². The van der Waals surface area contributed by atoms with Crippen molar-refractivity contribution in [2.24, 2.45) is 5.92 Å². The van der Waals surface area contributed by atoms with Crippen molar-refractivity contribution in [1.82, 2.24) is 10.3 Å². The van der Waals surface area contributed by atoms with Crippen LogP contribution in [0.15, 0.2) is 12.1 Å². The highest BCUT2D eigenvalue weighted by molar-refractivity contribution is 5.95. The molecule has 0 atom stereocenters. The number of nitrogens with one attached hydrogen (secondary N) is 2. The summed E-state index contributed by atoms with van der Waals surface area (Å²) in [6.07, 6.45) is 8.41. The first-order valence-electron chi connectivity index (χ1n) is 8.19. The van der Waals surface area contributed by atoms with Crippen molar-refractivity contribution in [1.29, 1.82) is 0 Å². The summed E-state index contributed by atoms with van der Waals surface area (Å²) >= 11 is 0. The molecule has 1 amide bonds. The lowest BCUT2D eigenvalue weighted by atomic mass is 10.0. The van der Waals surface area contributed by atoms with Gasteiger partial charge in [0.15, 0.2) is 0 Å². The van der Waals surface area contributed by atoms with Gasteiger partial charge in [0.25, 0.3) is 5.91 Å². The summed E-state index contributed by atoms with van der Waals surface area (Å²) in [5.74, 6) is 1.59. The molecule has 0 radical (unpaired) electrons. The van der Waals surface area contributed by atoms with E-state index in [4.69, 9.17) is 0 Å². The van der Waals surface area contributed by atoms with Crippen molar-refractivity contribution < 1.29 is 4.79 Å². The van der Waals surface area contributed by atoms with Crippen LogP contribution in [0.2, 0.25) is 0 Å². The summed E-state index contributed by atoms with van der Waals surface area (Å²) in [5.41, 5.74) is 1.69. The Bertz CT molecular complexity index is 467. The first-order chi connectivity index (χ1) is 10.2. The molecular weight excluding hydrogens is 262 g/mol. The molecule has 1 aromatic rings. The second-order valence-electron chi connectivity index (χ2n) is 5.93. The van der Waals surface area contributed by atoms with Crippen molar-refractivity contribution >= 4 is 11.7 Å². The third kappa shape index (κ3) is 4.73. The largest absolute Gasteiger partial charge is 0.373 e. The molecule has 0 aliphatic heterocycles. The van der Waals surface area contributed by atoms with E-state index in [1.807, 2.05) is 19.2 Å². The fraction of sp³-hybridized carbons (Fsp3) is 0.647.